The van der Waals surface area contributed by atoms with Crippen molar-refractivity contribution in [3.05, 3.63) is 130 Å². The highest BCUT2D eigenvalue weighted by molar-refractivity contribution is 6.46. The van der Waals surface area contributed by atoms with E-state index in [1.807, 2.05) is 48.5 Å². The van der Waals surface area contributed by atoms with Crippen molar-refractivity contribution >= 4 is 29.1 Å². The maximum Gasteiger partial charge on any atom is 0.295 e. The molecule has 1 amide bonds. The lowest BCUT2D eigenvalue weighted by Gasteiger charge is -2.27. The van der Waals surface area contributed by atoms with Crippen molar-refractivity contribution in [1.82, 2.24) is 9.80 Å². The monoisotopic (exact) mass is 668 g/mol. The lowest BCUT2D eigenvalue weighted by Crippen LogP contribution is -2.33. The van der Waals surface area contributed by atoms with Crippen molar-refractivity contribution in [2.24, 2.45) is 0 Å². The average Bonchev–Trinajstić information content (AvgIpc) is 3.37. The standard InChI is InChI=1S/C39H41ClN2O6/c1-4-41(5-2)22-9-23-42-36(30-16-21-33(34(24-30)46-3)48-26-27-10-7-6-8-11-27)35(38(44)39(42)45)37(43)29-14-19-32(20-15-29)47-25-28-12-17-31(40)18-13-28/h6-8,10-21,24,36,43H,4-5,9,22-23,25-26H2,1-3H3/t36-/m0/s1. The molecule has 1 aliphatic rings. The Hall–Kier alpha value is -4.79. The fraction of sp³-hybridized carbons (Fsp3) is 0.282. The van der Waals surface area contributed by atoms with E-state index in [0.29, 0.717) is 59.6 Å². The van der Waals surface area contributed by atoms with Crippen LogP contribution < -0.4 is 14.2 Å². The Labute approximate surface area is 287 Å². The van der Waals surface area contributed by atoms with Crippen molar-refractivity contribution in [1.29, 1.82) is 0 Å². The number of carbonyl (C=O) groups is 2. The number of ketones is 1. The van der Waals surface area contributed by atoms with Gasteiger partial charge in [0.05, 0.1) is 18.7 Å². The minimum atomic E-state index is -0.820. The molecule has 0 radical (unpaired) electrons. The second kappa shape index (κ2) is 16.4. The van der Waals surface area contributed by atoms with Gasteiger partial charge in [-0.1, -0.05) is 74.0 Å². The summed E-state index contributed by atoms with van der Waals surface area (Å²) in [7, 11) is 1.55. The summed E-state index contributed by atoms with van der Waals surface area (Å²) in [6, 6.07) is 28.5. The first-order valence-electron chi connectivity index (χ1n) is 16.2. The minimum Gasteiger partial charge on any atom is -0.507 e. The van der Waals surface area contributed by atoms with Gasteiger partial charge in [0, 0.05) is 17.1 Å². The highest BCUT2D eigenvalue weighted by atomic mass is 35.5. The van der Waals surface area contributed by atoms with Gasteiger partial charge in [-0.2, -0.15) is 0 Å². The van der Waals surface area contributed by atoms with E-state index in [-0.39, 0.29) is 11.3 Å². The van der Waals surface area contributed by atoms with E-state index < -0.39 is 17.7 Å². The summed E-state index contributed by atoms with van der Waals surface area (Å²) in [5, 5.41) is 12.3. The summed E-state index contributed by atoms with van der Waals surface area (Å²) in [6.07, 6.45) is 0.667. The number of nitrogens with zero attached hydrogens (tertiary/aromatic N) is 2. The Balaban J connectivity index is 1.44. The number of hydrogen-bond acceptors (Lipinski definition) is 7. The smallest absolute Gasteiger partial charge is 0.295 e. The predicted octanol–water partition coefficient (Wildman–Crippen LogP) is 7.66. The molecule has 9 heteroatoms. The topological polar surface area (TPSA) is 88.5 Å². The van der Waals surface area contributed by atoms with Crippen LogP contribution in [0.3, 0.4) is 0 Å². The van der Waals surface area contributed by atoms with Crippen LogP contribution in [0.4, 0.5) is 0 Å². The largest absolute Gasteiger partial charge is 0.507 e. The van der Waals surface area contributed by atoms with Gasteiger partial charge in [-0.3, -0.25) is 9.59 Å². The number of likely N-dealkylation sites (tertiary alicyclic amines) is 1. The van der Waals surface area contributed by atoms with E-state index in [2.05, 4.69) is 18.7 Å². The van der Waals surface area contributed by atoms with Gasteiger partial charge >= 0.3 is 0 Å². The van der Waals surface area contributed by atoms with Crippen LogP contribution in [-0.4, -0.2) is 59.9 Å². The molecule has 1 fully saturated rings. The second-order valence-electron chi connectivity index (χ2n) is 11.5. The summed E-state index contributed by atoms with van der Waals surface area (Å²) < 4.78 is 17.7. The fourth-order valence-electron chi connectivity index (χ4n) is 5.78. The number of aliphatic hydroxyl groups excluding tert-OH is 1. The Morgan fingerprint density at radius 3 is 2.17 bits per heavy atom. The molecule has 250 valence electrons. The number of hydrogen-bond donors (Lipinski definition) is 1. The maximum absolute atomic E-state index is 13.6. The zero-order chi connectivity index (χ0) is 34.0. The maximum atomic E-state index is 13.6. The summed E-state index contributed by atoms with van der Waals surface area (Å²) in [6.45, 7) is 7.77. The third kappa shape index (κ3) is 8.19. The van der Waals surface area contributed by atoms with Crippen molar-refractivity contribution in [2.75, 3.05) is 33.3 Å². The van der Waals surface area contributed by atoms with Gasteiger partial charge in [-0.15, -0.1) is 0 Å². The molecule has 0 bridgehead atoms. The fourth-order valence-corrected chi connectivity index (χ4v) is 5.91. The molecule has 1 heterocycles. The Kier molecular flexibility index (Phi) is 11.8. The van der Waals surface area contributed by atoms with Gasteiger partial charge in [-0.25, -0.2) is 0 Å². The summed E-state index contributed by atoms with van der Waals surface area (Å²) in [5.74, 6) is -0.0563. The van der Waals surface area contributed by atoms with Crippen LogP contribution in [0.15, 0.2) is 103 Å². The van der Waals surface area contributed by atoms with Crippen molar-refractivity contribution in [2.45, 2.75) is 39.5 Å². The molecule has 0 aromatic heterocycles. The molecular formula is C39H41ClN2O6. The number of carbonyl (C=O) groups excluding carboxylic acids is 2. The lowest BCUT2D eigenvalue weighted by atomic mass is 9.95. The van der Waals surface area contributed by atoms with Gasteiger partial charge in [0.1, 0.15) is 24.7 Å². The van der Waals surface area contributed by atoms with Crippen LogP contribution in [0.1, 0.15) is 48.6 Å². The number of Topliss-reactive ketones (excluding diaryl/α,β-unsaturated/α-hetero) is 1. The van der Waals surface area contributed by atoms with Crippen molar-refractivity contribution in [3.8, 4) is 17.2 Å². The second-order valence-corrected chi connectivity index (χ2v) is 11.9. The average molecular weight is 669 g/mol. The molecule has 0 saturated carbocycles. The number of halogens is 1. The van der Waals surface area contributed by atoms with Crippen LogP contribution in [0.25, 0.3) is 5.76 Å². The third-order valence-corrected chi connectivity index (χ3v) is 8.75. The van der Waals surface area contributed by atoms with Gasteiger partial charge < -0.3 is 29.1 Å². The first-order chi connectivity index (χ1) is 23.3. The van der Waals surface area contributed by atoms with Crippen molar-refractivity contribution < 1.29 is 28.9 Å². The highest BCUT2D eigenvalue weighted by Crippen LogP contribution is 2.42. The predicted molar refractivity (Wildman–Crippen MR) is 187 cm³/mol. The molecule has 0 spiro atoms. The minimum absolute atomic E-state index is 0.0256. The summed E-state index contributed by atoms with van der Waals surface area (Å²) in [5.41, 5.74) is 3.02. The molecule has 1 atom stereocenters. The molecule has 1 N–H and O–H groups in total. The lowest BCUT2D eigenvalue weighted by molar-refractivity contribution is -0.140. The zero-order valence-corrected chi connectivity index (χ0v) is 28.3. The summed E-state index contributed by atoms with van der Waals surface area (Å²) in [4.78, 5) is 31.0. The molecule has 4 aromatic rings. The molecule has 1 aliphatic heterocycles. The molecule has 0 unspecified atom stereocenters. The van der Waals surface area contributed by atoms with Gasteiger partial charge in [0.15, 0.2) is 11.5 Å². The van der Waals surface area contributed by atoms with E-state index in [9.17, 15) is 14.7 Å². The molecule has 48 heavy (non-hydrogen) atoms. The van der Waals surface area contributed by atoms with Gasteiger partial charge in [0.2, 0.25) is 0 Å². The van der Waals surface area contributed by atoms with E-state index in [0.717, 1.165) is 30.8 Å². The number of methoxy groups -OCH3 is 1. The Morgan fingerprint density at radius 1 is 0.833 bits per heavy atom. The van der Waals surface area contributed by atoms with Crippen LogP contribution in [0.5, 0.6) is 17.2 Å². The quantitative estimate of drug-likeness (QED) is 0.0791. The first kappa shape index (κ1) is 34.5. The zero-order valence-electron chi connectivity index (χ0n) is 27.5. The van der Waals surface area contributed by atoms with Crippen LogP contribution in [0.2, 0.25) is 5.02 Å². The number of ether oxygens (including phenoxy) is 3. The molecule has 1 saturated heterocycles. The molecular weight excluding hydrogens is 628 g/mol. The van der Waals surface area contributed by atoms with Crippen LogP contribution >= 0.6 is 11.6 Å². The van der Waals surface area contributed by atoms with E-state index in [1.54, 1.807) is 60.5 Å². The molecule has 4 aromatic carbocycles. The van der Waals surface area contributed by atoms with E-state index in [4.69, 9.17) is 25.8 Å². The van der Waals surface area contributed by atoms with Gasteiger partial charge in [-0.05, 0) is 91.3 Å². The van der Waals surface area contributed by atoms with E-state index >= 15 is 0 Å². The van der Waals surface area contributed by atoms with Crippen LogP contribution in [0, 0.1) is 0 Å². The highest BCUT2D eigenvalue weighted by Gasteiger charge is 2.46. The SMILES string of the molecule is CCN(CC)CCCN1C(=O)C(=O)C(=C(O)c2ccc(OCc3ccc(Cl)cc3)cc2)[C@@H]1c1ccc(OCc2ccccc2)c(OC)c1. The molecule has 5 rings (SSSR count). The number of aliphatic hydroxyl groups is 1. The van der Waals surface area contributed by atoms with Gasteiger partial charge in [0.25, 0.3) is 11.7 Å². The first-order valence-corrected chi connectivity index (χ1v) is 16.5. The Bertz CT molecular complexity index is 1720. The molecule has 8 nitrogen and oxygen atoms in total. The Morgan fingerprint density at radius 2 is 1.50 bits per heavy atom. The summed E-state index contributed by atoms with van der Waals surface area (Å²) >= 11 is 5.98. The molecule has 0 aliphatic carbocycles. The normalized spacial score (nSPS) is 15.6. The van der Waals surface area contributed by atoms with E-state index in [1.165, 1.54) is 0 Å². The number of rotatable bonds is 15. The van der Waals surface area contributed by atoms with Crippen molar-refractivity contribution in [3.63, 3.8) is 0 Å². The van der Waals surface area contributed by atoms with Crippen LogP contribution in [-0.2, 0) is 22.8 Å². The number of amides is 1. The number of benzene rings is 4. The third-order valence-electron chi connectivity index (χ3n) is 8.49.